The molecule has 1 aliphatic heterocycles. The van der Waals surface area contributed by atoms with Crippen LogP contribution in [0, 0.1) is 20.9 Å². The predicted molar refractivity (Wildman–Crippen MR) is 93.2 cm³/mol. The average Bonchev–Trinajstić information content (AvgIpc) is 2.68. The number of rotatable bonds is 4. The second kappa shape index (κ2) is 5.75. The van der Waals surface area contributed by atoms with Crippen molar-refractivity contribution in [2.45, 2.75) is 46.1 Å². The number of hydrogen-bond acceptors (Lipinski definition) is 3. The summed E-state index contributed by atoms with van der Waals surface area (Å²) in [5.41, 5.74) is 1.72. The standard InChI is InChI=1S/C19H26N2O2/c1-18(2)11-16-12-19(3,13-18)14-20(16)10-6-8-15-7-4-5-9-17(15)21(22)23/h4-9,16H,10-14H2,1-3H3/b8-6+. The molecule has 1 heterocycles. The fourth-order valence-corrected chi connectivity index (χ4v) is 4.90. The van der Waals surface area contributed by atoms with Crippen LogP contribution in [0.1, 0.15) is 45.6 Å². The fourth-order valence-electron chi connectivity index (χ4n) is 4.90. The third-order valence-electron chi connectivity index (χ3n) is 5.29. The van der Waals surface area contributed by atoms with E-state index in [0.29, 0.717) is 22.4 Å². The summed E-state index contributed by atoms with van der Waals surface area (Å²) >= 11 is 0. The molecule has 124 valence electrons. The number of benzene rings is 1. The van der Waals surface area contributed by atoms with Crippen LogP contribution in [0.3, 0.4) is 0 Å². The molecular weight excluding hydrogens is 288 g/mol. The molecule has 2 aliphatic rings. The van der Waals surface area contributed by atoms with Gasteiger partial charge in [0.2, 0.25) is 0 Å². The summed E-state index contributed by atoms with van der Waals surface area (Å²) in [6, 6.07) is 7.58. The molecule has 0 amide bonds. The van der Waals surface area contributed by atoms with Gasteiger partial charge in [0.25, 0.3) is 5.69 Å². The number of fused-ring (bicyclic) bond motifs is 2. The zero-order valence-corrected chi connectivity index (χ0v) is 14.3. The topological polar surface area (TPSA) is 46.4 Å². The highest BCUT2D eigenvalue weighted by molar-refractivity contribution is 5.60. The second-order valence-corrected chi connectivity index (χ2v) is 8.36. The highest BCUT2D eigenvalue weighted by Crippen LogP contribution is 2.52. The second-order valence-electron chi connectivity index (χ2n) is 8.36. The van der Waals surface area contributed by atoms with Gasteiger partial charge in [0.05, 0.1) is 10.5 Å². The van der Waals surface area contributed by atoms with Crippen molar-refractivity contribution in [3.8, 4) is 0 Å². The number of likely N-dealkylation sites (tertiary alicyclic amines) is 1. The van der Waals surface area contributed by atoms with Crippen LogP contribution in [0.4, 0.5) is 5.69 Å². The normalized spacial score (nSPS) is 30.0. The Morgan fingerprint density at radius 1 is 1.30 bits per heavy atom. The number of hydrogen-bond donors (Lipinski definition) is 0. The Balaban J connectivity index is 1.69. The first-order valence-electron chi connectivity index (χ1n) is 8.42. The molecule has 4 nitrogen and oxygen atoms in total. The molecule has 0 spiro atoms. The van der Waals surface area contributed by atoms with E-state index in [0.717, 1.165) is 13.1 Å². The van der Waals surface area contributed by atoms with Crippen molar-refractivity contribution >= 4 is 11.8 Å². The maximum absolute atomic E-state index is 11.1. The number of nitrogens with zero attached hydrogens (tertiary/aromatic N) is 2. The molecule has 0 radical (unpaired) electrons. The van der Waals surface area contributed by atoms with Crippen LogP contribution in [0.25, 0.3) is 6.08 Å². The van der Waals surface area contributed by atoms with Crippen LogP contribution in [-0.2, 0) is 0 Å². The number of nitro benzene ring substituents is 1. The van der Waals surface area contributed by atoms with Gasteiger partial charge in [-0.3, -0.25) is 15.0 Å². The quantitative estimate of drug-likeness (QED) is 0.607. The summed E-state index contributed by atoms with van der Waals surface area (Å²) in [4.78, 5) is 13.3. The Kier molecular flexibility index (Phi) is 4.05. The van der Waals surface area contributed by atoms with E-state index in [-0.39, 0.29) is 10.6 Å². The van der Waals surface area contributed by atoms with Gasteiger partial charge in [-0.1, -0.05) is 45.1 Å². The van der Waals surface area contributed by atoms with Gasteiger partial charge in [-0.15, -0.1) is 0 Å². The zero-order valence-electron chi connectivity index (χ0n) is 14.3. The van der Waals surface area contributed by atoms with Crippen LogP contribution in [-0.4, -0.2) is 29.0 Å². The molecule has 4 heteroatoms. The average molecular weight is 314 g/mol. The third-order valence-corrected chi connectivity index (χ3v) is 5.29. The number of nitro groups is 1. The van der Waals surface area contributed by atoms with Crippen LogP contribution in [0.5, 0.6) is 0 Å². The lowest BCUT2D eigenvalue weighted by Crippen LogP contribution is -2.34. The van der Waals surface area contributed by atoms with Crippen molar-refractivity contribution in [2.75, 3.05) is 13.1 Å². The van der Waals surface area contributed by atoms with Gasteiger partial charge in [0.15, 0.2) is 0 Å². The number of para-hydroxylation sites is 1. The van der Waals surface area contributed by atoms with E-state index >= 15 is 0 Å². The van der Waals surface area contributed by atoms with E-state index in [4.69, 9.17) is 0 Å². The third kappa shape index (κ3) is 3.47. The maximum Gasteiger partial charge on any atom is 0.276 e. The lowest BCUT2D eigenvalue weighted by atomic mass is 9.65. The van der Waals surface area contributed by atoms with E-state index in [1.54, 1.807) is 18.2 Å². The van der Waals surface area contributed by atoms with Gasteiger partial charge in [-0.25, -0.2) is 0 Å². The van der Waals surface area contributed by atoms with Crippen LogP contribution >= 0.6 is 0 Å². The highest BCUT2D eigenvalue weighted by atomic mass is 16.6. The molecule has 23 heavy (non-hydrogen) atoms. The Morgan fingerprint density at radius 2 is 2.04 bits per heavy atom. The van der Waals surface area contributed by atoms with Gasteiger partial charge in [0.1, 0.15) is 0 Å². The molecule has 1 aromatic carbocycles. The molecule has 2 bridgehead atoms. The lowest BCUT2D eigenvalue weighted by molar-refractivity contribution is -0.385. The zero-order chi connectivity index (χ0) is 16.7. The Labute approximate surface area is 138 Å². The molecule has 2 atom stereocenters. The molecule has 2 fully saturated rings. The molecule has 2 unspecified atom stereocenters. The molecule has 1 saturated carbocycles. The first-order chi connectivity index (χ1) is 10.8. The summed E-state index contributed by atoms with van der Waals surface area (Å²) in [7, 11) is 0. The Hall–Kier alpha value is -1.68. The molecule has 0 aromatic heterocycles. The van der Waals surface area contributed by atoms with Gasteiger partial charge >= 0.3 is 0 Å². The molecular formula is C19H26N2O2. The molecule has 0 N–H and O–H groups in total. The molecule has 1 saturated heterocycles. The van der Waals surface area contributed by atoms with Gasteiger partial charge < -0.3 is 0 Å². The Bertz CT molecular complexity index is 638. The molecule has 1 aliphatic carbocycles. The van der Waals surface area contributed by atoms with Crippen molar-refractivity contribution < 1.29 is 4.92 Å². The van der Waals surface area contributed by atoms with Gasteiger partial charge in [-0.05, 0) is 36.2 Å². The van der Waals surface area contributed by atoms with Crippen LogP contribution in [0.2, 0.25) is 0 Å². The largest absolute Gasteiger partial charge is 0.296 e. The maximum atomic E-state index is 11.1. The minimum atomic E-state index is -0.313. The first kappa shape index (κ1) is 16.2. The minimum Gasteiger partial charge on any atom is -0.296 e. The minimum absolute atomic E-state index is 0.178. The van der Waals surface area contributed by atoms with Gasteiger partial charge in [0, 0.05) is 25.2 Å². The van der Waals surface area contributed by atoms with Crippen molar-refractivity contribution in [2.24, 2.45) is 10.8 Å². The van der Waals surface area contributed by atoms with E-state index in [1.165, 1.54) is 19.3 Å². The van der Waals surface area contributed by atoms with E-state index in [2.05, 4.69) is 31.7 Å². The van der Waals surface area contributed by atoms with Crippen molar-refractivity contribution in [3.63, 3.8) is 0 Å². The summed E-state index contributed by atoms with van der Waals surface area (Å²) in [5, 5.41) is 11.1. The fraction of sp³-hybridized carbons (Fsp3) is 0.579. The molecule has 3 rings (SSSR count). The van der Waals surface area contributed by atoms with Crippen molar-refractivity contribution in [3.05, 3.63) is 46.0 Å². The van der Waals surface area contributed by atoms with E-state index < -0.39 is 0 Å². The van der Waals surface area contributed by atoms with Crippen LogP contribution < -0.4 is 0 Å². The molecule has 1 aromatic rings. The van der Waals surface area contributed by atoms with Gasteiger partial charge in [-0.2, -0.15) is 0 Å². The van der Waals surface area contributed by atoms with Crippen molar-refractivity contribution in [1.29, 1.82) is 0 Å². The monoisotopic (exact) mass is 314 g/mol. The summed E-state index contributed by atoms with van der Waals surface area (Å²) in [5.74, 6) is 0. The first-order valence-corrected chi connectivity index (χ1v) is 8.42. The predicted octanol–water partition coefficient (Wildman–Crippen LogP) is 4.51. The summed E-state index contributed by atoms with van der Waals surface area (Å²) in [6.45, 7) is 9.19. The highest BCUT2D eigenvalue weighted by Gasteiger charge is 2.48. The van der Waals surface area contributed by atoms with E-state index in [1.807, 2.05) is 12.1 Å². The summed E-state index contributed by atoms with van der Waals surface area (Å²) < 4.78 is 0. The lowest BCUT2D eigenvalue weighted by Gasteiger charge is -2.39. The van der Waals surface area contributed by atoms with Crippen molar-refractivity contribution in [1.82, 2.24) is 4.90 Å². The summed E-state index contributed by atoms with van der Waals surface area (Å²) in [6.07, 6.45) is 7.81. The van der Waals surface area contributed by atoms with E-state index in [9.17, 15) is 10.1 Å². The SMILES string of the molecule is CC1(C)CC2CC(C)(CN2C/C=C/c2ccccc2[N+](=O)[O-])C1. The smallest absolute Gasteiger partial charge is 0.276 e. The Morgan fingerprint density at radius 3 is 2.78 bits per heavy atom. The van der Waals surface area contributed by atoms with Crippen LogP contribution in [0.15, 0.2) is 30.3 Å².